The van der Waals surface area contributed by atoms with Crippen molar-refractivity contribution < 1.29 is 17.9 Å². The third-order valence-electron chi connectivity index (χ3n) is 3.15. The van der Waals surface area contributed by atoms with Gasteiger partial charge < -0.3 is 4.74 Å². The van der Waals surface area contributed by atoms with Crippen LogP contribution in [-0.4, -0.2) is 38.8 Å². The third-order valence-corrected chi connectivity index (χ3v) is 5.38. The van der Waals surface area contributed by atoms with Crippen LogP contribution >= 0.6 is 11.3 Å². The molecule has 1 aromatic heterocycles. The Morgan fingerprint density at radius 1 is 1.35 bits per heavy atom. The number of carbonyl (C=O) groups excluding carboxylic acids is 1. The first-order valence-electron chi connectivity index (χ1n) is 6.89. The topological polar surface area (TPSA) is 85.4 Å². The van der Waals surface area contributed by atoms with Crippen molar-refractivity contribution in [1.82, 2.24) is 9.71 Å². The lowest BCUT2D eigenvalue weighted by atomic mass is 10.1. The Kier molecular flexibility index (Phi) is 5.51. The summed E-state index contributed by atoms with van der Waals surface area (Å²) in [6, 6.07) is 5.95. The summed E-state index contributed by atoms with van der Waals surface area (Å²) in [6.45, 7) is 4.00. The molecule has 2 rings (SSSR count). The van der Waals surface area contributed by atoms with Crippen LogP contribution in [-0.2, 0) is 14.8 Å². The molecule has 8 heteroatoms. The van der Waals surface area contributed by atoms with Crippen molar-refractivity contribution in [1.29, 1.82) is 0 Å². The van der Waals surface area contributed by atoms with Crippen molar-refractivity contribution in [3.05, 3.63) is 40.4 Å². The fraction of sp³-hybridized carbons (Fsp3) is 0.333. The van der Waals surface area contributed by atoms with Crippen LogP contribution in [0.15, 0.2) is 24.4 Å². The van der Waals surface area contributed by atoms with E-state index in [1.54, 1.807) is 0 Å². The molecule has 1 amide bonds. The van der Waals surface area contributed by atoms with E-state index in [0.29, 0.717) is 5.01 Å². The second-order valence-electron chi connectivity index (χ2n) is 5.09. The number of rotatable bonds is 6. The van der Waals surface area contributed by atoms with E-state index in [1.807, 2.05) is 36.8 Å². The molecule has 0 atom stereocenters. The molecule has 1 aromatic carbocycles. The number of ether oxygens (including phenoxy) is 1. The quantitative estimate of drug-likeness (QED) is 0.859. The largest absolute Gasteiger partial charge is 0.384 e. The van der Waals surface area contributed by atoms with Gasteiger partial charge in [0.2, 0.25) is 10.0 Å². The van der Waals surface area contributed by atoms with Crippen LogP contribution < -0.4 is 4.72 Å². The molecule has 2 aromatic rings. The van der Waals surface area contributed by atoms with Gasteiger partial charge in [0.15, 0.2) is 0 Å². The highest BCUT2D eigenvalue weighted by molar-refractivity contribution is 7.90. The van der Waals surface area contributed by atoms with E-state index in [4.69, 9.17) is 4.74 Å². The van der Waals surface area contributed by atoms with Gasteiger partial charge in [-0.25, -0.2) is 18.1 Å². The number of amides is 1. The molecule has 0 aliphatic rings. The molecule has 124 valence electrons. The summed E-state index contributed by atoms with van der Waals surface area (Å²) in [5, 5.41) is 0.682. The van der Waals surface area contributed by atoms with Gasteiger partial charge in [-0.3, -0.25) is 4.79 Å². The van der Waals surface area contributed by atoms with Crippen LogP contribution in [0.3, 0.4) is 0 Å². The van der Waals surface area contributed by atoms with E-state index in [9.17, 15) is 13.2 Å². The smallest absolute Gasteiger partial charge is 0.276 e. The zero-order valence-corrected chi connectivity index (χ0v) is 14.8. The van der Waals surface area contributed by atoms with Crippen molar-refractivity contribution in [2.24, 2.45) is 0 Å². The van der Waals surface area contributed by atoms with Crippen LogP contribution in [0.5, 0.6) is 0 Å². The van der Waals surface area contributed by atoms with Crippen LogP contribution in [0.1, 0.15) is 20.8 Å². The molecule has 0 spiro atoms. The monoisotopic (exact) mass is 354 g/mol. The van der Waals surface area contributed by atoms with E-state index in [-0.39, 0.29) is 17.2 Å². The molecule has 0 fully saturated rings. The van der Waals surface area contributed by atoms with Gasteiger partial charge in [-0.1, -0.05) is 23.8 Å². The lowest BCUT2D eigenvalue weighted by molar-refractivity contribution is 0.0985. The van der Waals surface area contributed by atoms with Crippen LogP contribution in [0.4, 0.5) is 0 Å². The zero-order chi connectivity index (χ0) is 17.0. The number of aryl methyl sites for hydroxylation is 2. The molecule has 0 aliphatic carbocycles. The molecule has 23 heavy (non-hydrogen) atoms. The number of carbonyl (C=O) groups is 1. The fourth-order valence-electron chi connectivity index (χ4n) is 1.99. The Morgan fingerprint density at radius 3 is 2.74 bits per heavy atom. The Morgan fingerprint density at radius 2 is 2.09 bits per heavy atom. The maximum atomic E-state index is 12.0. The van der Waals surface area contributed by atoms with Gasteiger partial charge >= 0.3 is 0 Å². The van der Waals surface area contributed by atoms with Crippen LogP contribution in [0, 0.1) is 13.8 Å². The second-order valence-corrected chi connectivity index (χ2v) is 7.96. The van der Waals surface area contributed by atoms with E-state index < -0.39 is 15.9 Å². The molecule has 0 aliphatic heterocycles. The van der Waals surface area contributed by atoms with Crippen LogP contribution in [0.25, 0.3) is 10.6 Å². The van der Waals surface area contributed by atoms with Gasteiger partial charge in [-0.15, -0.1) is 11.3 Å². The summed E-state index contributed by atoms with van der Waals surface area (Å²) >= 11 is 1.16. The first kappa shape index (κ1) is 17.6. The third kappa shape index (κ3) is 4.60. The van der Waals surface area contributed by atoms with Crippen LogP contribution in [0.2, 0.25) is 0 Å². The summed E-state index contributed by atoms with van der Waals surface area (Å²) in [6.07, 6.45) is 1.39. The number of aromatic nitrogens is 1. The number of nitrogens with one attached hydrogen (secondary N) is 1. The van der Waals surface area contributed by atoms with Gasteiger partial charge in [0.05, 0.1) is 18.6 Å². The average molecular weight is 354 g/mol. The highest BCUT2D eigenvalue weighted by Crippen LogP contribution is 2.28. The van der Waals surface area contributed by atoms with E-state index >= 15 is 0 Å². The molecule has 0 saturated carbocycles. The average Bonchev–Trinajstić information content (AvgIpc) is 2.94. The van der Waals surface area contributed by atoms with Crippen molar-refractivity contribution in [3.8, 4) is 10.6 Å². The number of sulfonamides is 1. The fourth-order valence-corrected chi connectivity index (χ4v) is 3.84. The molecule has 0 saturated heterocycles. The van der Waals surface area contributed by atoms with Gasteiger partial charge in [0, 0.05) is 12.7 Å². The SMILES string of the molecule is COCCS(=O)(=O)NC(=O)c1cnc(-c2ccc(C)cc2C)s1. The predicted molar refractivity (Wildman–Crippen MR) is 90.2 cm³/mol. The summed E-state index contributed by atoms with van der Waals surface area (Å²) in [7, 11) is -2.31. The van der Waals surface area contributed by atoms with Crippen molar-refractivity contribution in [2.45, 2.75) is 13.8 Å². The molecule has 1 N–H and O–H groups in total. The number of thiazole rings is 1. The van der Waals surface area contributed by atoms with Gasteiger partial charge in [0.25, 0.3) is 5.91 Å². The maximum Gasteiger partial charge on any atom is 0.276 e. The standard InChI is InChI=1S/C15H18N2O4S2/c1-10-4-5-12(11(2)8-10)15-16-9-13(22-15)14(18)17-23(19,20)7-6-21-3/h4-5,8-9H,6-7H2,1-3H3,(H,17,18). The number of hydrogen-bond acceptors (Lipinski definition) is 6. The van der Waals surface area contributed by atoms with Gasteiger partial charge in [-0.2, -0.15) is 0 Å². The molecule has 1 heterocycles. The summed E-state index contributed by atoms with van der Waals surface area (Å²) in [5.74, 6) is -0.938. The molecule has 0 unspecified atom stereocenters. The van der Waals surface area contributed by atoms with E-state index in [1.165, 1.54) is 13.3 Å². The van der Waals surface area contributed by atoms with Gasteiger partial charge in [-0.05, 0) is 19.4 Å². The highest BCUT2D eigenvalue weighted by atomic mass is 32.2. The van der Waals surface area contributed by atoms with Crippen molar-refractivity contribution in [3.63, 3.8) is 0 Å². The van der Waals surface area contributed by atoms with Crippen molar-refractivity contribution >= 4 is 27.3 Å². The first-order chi connectivity index (χ1) is 10.8. The molecular formula is C15H18N2O4S2. The zero-order valence-electron chi connectivity index (χ0n) is 13.1. The predicted octanol–water partition coefficient (Wildman–Crippen LogP) is 2.13. The summed E-state index contributed by atoms with van der Waals surface area (Å²) < 4.78 is 30.2. The minimum Gasteiger partial charge on any atom is -0.384 e. The molecular weight excluding hydrogens is 336 g/mol. The Bertz CT molecular complexity index is 813. The normalized spacial score (nSPS) is 11.4. The minimum absolute atomic E-state index is 0.0269. The van der Waals surface area contributed by atoms with Crippen molar-refractivity contribution in [2.75, 3.05) is 19.5 Å². The Labute approximate surface area is 139 Å². The first-order valence-corrected chi connectivity index (χ1v) is 9.36. The maximum absolute atomic E-state index is 12.0. The van der Waals surface area contributed by atoms with E-state index in [0.717, 1.165) is 28.0 Å². The number of benzene rings is 1. The summed E-state index contributed by atoms with van der Waals surface area (Å²) in [5.41, 5.74) is 3.13. The molecule has 6 nitrogen and oxygen atoms in total. The number of hydrogen-bond donors (Lipinski definition) is 1. The number of nitrogens with zero attached hydrogens (tertiary/aromatic N) is 1. The Hall–Kier alpha value is -1.77. The summed E-state index contributed by atoms with van der Waals surface area (Å²) in [4.78, 5) is 16.5. The second kappa shape index (κ2) is 7.20. The number of methoxy groups -OCH3 is 1. The molecule has 0 bridgehead atoms. The lowest BCUT2D eigenvalue weighted by Gasteiger charge is -2.04. The Balaban J connectivity index is 2.17. The van der Waals surface area contributed by atoms with E-state index in [2.05, 4.69) is 4.98 Å². The molecule has 0 radical (unpaired) electrons. The minimum atomic E-state index is -3.71. The highest BCUT2D eigenvalue weighted by Gasteiger charge is 2.19. The lowest BCUT2D eigenvalue weighted by Crippen LogP contribution is -2.33. The van der Waals surface area contributed by atoms with Gasteiger partial charge in [0.1, 0.15) is 9.88 Å².